The van der Waals surface area contributed by atoms with Crippen LogP contribution in [0.4, 0.5) is 0 Å². The summed E-state index contributed by atoms with van der Waals surface area (Å²) in [5, 5.41) is 3.61. The lowest BCUT2D eigenvalue weighted by molar-refractivity contribution is 0.171. The maximum Gasteiger partial charge on any atom is 0.250 e. The van der Waals surface area contributed by atoms with E-state index < -0.39 is 0 Å². The molecule has 21 heavy (non-hydrogen) atoms. The van der Waals surface area contributed by atoms with Crippen molar-refractivity contribution in [3.8, 4) is 0 Å². The van der Waals surface area contributed by atoms with Crippen LogP contribution < -0.4 is 10.9 Å². The molecule has 0 aliphatic carbocycles. The predicted molar refractivity (Wildman–Crippen MR) is 87.6 cm³/mol. The van der Waals surface area contributed by atoms with E-state index in [4.69, 9.17) is 0 Å². The molecule has 0 aromatic carbocycles. The third-order valence-electron chi connectivity index (χ3n) is 4.18. The van der Waals surface area contributed by atoms with Gasteiger partial charge in [0.15, 0.2) is 0 Å². The zero-order valence-electron chi connectivity index (χ0n) is 13.6. The number of aromatic nitrogens is 1. The van der Waals surface area contributed by atoms with Crippen LogP contribution in [0.25, 0.3) is 0 Å². The number of pyridine rings is 1. The van der Waals surface area contributed by atoms with Crippen molar-refractivity contribution in [3.05, 3.63) is 34.7 Å². The van der Waals surface area contributed by atoms with Gasteiger partial charge in [-0.25, -0.2) is 0 Å². The largest absolute Gasteiger partial charge is 0.314 e. The monoisotopic (exact) mass is 291 g/mol. The zero-order chi connectivity index (χ0) is 15.3. The first kappa shape index (κ1) is 16.2. The van der Waals surface area contributed by atoms with Gasteiger partial charge in [0.2, 0.25) is 0 Å². The van der Waals surface area contributed by atoms with Crippen LogP contribution in [0.2, 0.25) is 0 Å². The van der Waals surface area contributed by atoms with Crippen LogP contribution in [-0.4, -0.2) is 41.2 Å². The van der Waals surface area contributed by atoms with Crippen molar-refractivity contribution in [2.75, 3.05) is 26.2 Å². The van der Waals surface area contributed by atoms with Gasteiger partial charge in [0.1, 0.15) is 0 Å². The van der Waals surface area contributed by atoms with Crippen molar-refractivity contribution in [1.29, 1.82) is 0 Å². The fraction of sp³-hybridized carbons (Fsp3) is 0.706. The first-order valence-electron chi connectivity index (χ1n) is 8.07. The summed E-state index contributed by atoms with van der Waals surface area (Å²) in [6.45, 7) is 11.9. The summed E-state index contributed by atoms with van der Waals surface area (Å²) < 4.78 is 1.80. The second-order valence-corrected chi connectivity index (χ2v) is 7.15. The molecular formula is C17H29N3O. The Balaban J connectivity index is 1.70. The standard InChI is InChI=1S/C17H29N3O/c1-17(2,3)18-14-15-7-10-19(11-8-15)12-13-20-9-5-4-6-16(20)21/h4-6,9,15,18H,7-8,10-14H2,1-3H3. The van der Waals surface area contributed by atoms with Crippen molar-refractivity contribution in [1.82, 2.24) is 14.8 Å². The molecule has 1 fully saturated rings. The van der Waals surface area contributed by atoms with E-state index in [2.05, 4.69) is 31.0 Å². The molecular weight excluding hydrogens is 262 g/mol. The second kappa shape index (κ2) is 7.23. The molecule has 0 atom stereocenters. The number of hydrogen-bond donors (Lipinski definition) is 1. The first-order valence-corrected chi connectivity index (χ1v) is 8.07. The van der Waals surface area contributed by atoms with E-state index in [0.29, 0.717) is 0 Å². The molecule has 2 heterocycles. The number of piperidine rings is 1. The number of rotatable bonds is 5. The molecule has 0 saturated carbocycles. The molecule has 1 aromatic heterocycles. The normalized spacial score (nSPS) is 18.0. The number of likely N-dealkylation sites (tertiary alicyclic amines) is 1. The number of nitrogens with one attached hydrogen (secondary N) is 1. The molecule has 0 bridgehead atoms. The average Bonchev–Trinajstić information content (AvgIpc) is 2.45. The molecule has 0 amide bonds. The van der Waals surface area contributed by atoms with Gasteiger partial charge >= 0.3 is 0 Å². The molecule has 118 valence electrons. The van der Waals surface area contributed by atoms with Gasteiger partial charge in [0.25, 0.3) is 5.56 Å². The van der Waals surface area contributed by atoms with Gasteiger partial charge in [-0.15, -0.1) is 0 Å². The van der Waals surface area contributed by atoms with E-state index in [1.807, 2.05) is 12.3 Å². The molecule has 0 spiro atoms. The maximum atomic E-state index is 11.7. The van der Waals surface area contributed by atoms with Gasteiger partial charge in [-0.05, 0) is 65.2 Å². The van der Waals surface area contributed by atoms with E-state index in [-0.39, 0.29) is 11.1 Å². The quantitative estimate of drug-likeness (QED) is 0.901. The van der Waals surface area contributed by atoms with Gasteiger partial charge < -0.3 is 14.8 Å². The minimum absolute atomic E-state index is 0.0989. The van der Waals surface area contributed by atoms with Crippen LogP contribution in [0.3, 0.4) is 0 Å². The average molecular weight is 291 g/mol. The second-order valence-electron chi connectivity index (χ2n) is 7.15. The number of hydrogen-bond acceptors (Lipinski definition) is 3. The van der Waals surface area contributed by atoms with Crippen LogP contribution in [-0.2, 0) is 6.54 Å². The summed E-state index contributed by atoms with van der Waals surface area (Å²) in [6, 6.07) is 5.35. The first-order chi connectivity index (χ1) is 9.94. The number of nitrogens with zero attached hydrogens (tertiary/aromatic N) is 2. The lowest BCUT2D eigenvalue weighted by atomic mass is 9.95. The molecule has 4 heteroatoms. The van der Waals surface area contributed by atoms with Crippen LogP contribution in [0.15, 0.2) is 29.2 Å². The van der Waals surface area contributed by atoms with Crippen molar-refractivity contribution in [2.45, 2.75) is 45.7 Å². The van der Waals surface area contributed by atoms with Crippen LogP contribution in [0, 0.1) is 5.92 Å². The third kappa shape index (κ3) is 5.64. The SMILES string of the molecule is CC(C)(C)NCC1CCN(CCn2ccccc2=O)CC1. The summed E-state index contributed by atoms with van der Waals surface area (Å²) in [5.74, 6) is 0.792. The summed E-state index contributed by atoms with van der Waals surface area (Å²) in [5.41, 5.74) is 0.313. The topological polar surface area (TPSA) is 37.3 Å². The van der Waals surface area contributed by atoms with Crippen LogP contribution in [0.5, 0.6) is 0 Å². The highest BCUT2D eigenvalue weighted by Gasteiger charge is 2.20. The van der Waals surface area contributed by atoms with Gasteiger partial charge in [-0.2, -0.15) is 0 Å². The Labute approximate surface area is 128 Å². The van der Waals surface area contributed by atoms with Crippen LogP contribution in [0.1, 0.15) is 33.6 Å². The Hall–Kier alpha value is -1.13. The van der Waals surface area contributed by atoms with E-state index in [9.17, 15) is 4.79 Å². The van der Waals surface area contributed by atoms with Crippen molar-refractivity contribution in [3.63, 3.8) is 0 Å². The van der Waals surface area contributed by atoms with E-state index in [1.165, 1.54) is 12.8 Å². The molecule has 1 aliphatic rings. The highest BCUT2D eigenvalue weighted by Crippen LogP contribution is 2.17. The van der Waals surface area contributed by atoms with E-state index >= 15 is 0 Å². The fourth-order valence-electron chi connectivity index (χ4n) is 2.76. The lowest BCUT2D eigenvalue weighted by Gasteiger charge is -2.33. The summed E-state index contributed by atoms with van der Waals surface area (Å²) in [6.07, 6.45) is 4.39. The zero-order valence-corrected chi connectivity index (χ0v) is 13.6. The van der Waals surface area contributed by atoms with E-state index in [0.717, 1.165) is 38.6 Å². The molecule has 0 unspecified atom stereocenters. The third-order valence-corrected chi connectivity index (χ3v) is 4.18. The Morgan fingerprint density at radius 1 is 1.19 bits per heavy atom. The molecule has 1 N–H and O–H groups in total. The summed E-state index contributed by atoms with van der Waals surface area (Å²) >= 11 is 0. The van der Waals surface area contributed by atoms with Crippen molar-refractivity contribution in [2.24, 2.45) is 5.92 Å². The summed E-state index contributed by atoms with van der Waals surface area (Å²) in [4.78, 5) is 14.1. The van der Waals surface area contributed by atoms with Gasteiger partial charge in [-0.3, -0.25) is 4.79 Å². The molecule has 1 saturated heterocycles. The minimum Gasteiger partial charge on any atom is -0.314 e. The highest BCUT2D eigenvalue weighted by molar-refractivity contribution is 4.93. The Kier molecular flexibility index (Phi) is 5.59. The Bertz CT molecular complexity index is 481. The molecule has 1 aliphatic heterocycles. The van der Waals surface area contributed by atoms with Crippen LogP contribution >= 0.6 is 0 Å². The van der Waals surface area contributed by atoms with Crippen molar-refractivity contribution >= 4 is 0 Å². The molecule has 4 nitrogen and oxygen atoms in total. The van der Waals surface area contributed by atoms with Gasteiger partial charge in [0.05, 0.1) is 0 Å². The fourth-order valence-corrected chi connectivity index (χ4v) is 2.76. The van der Waals surface area contributed by atoms with E-state index in [1.54, 1.807) is 16.7 Å². The van der Waals surface area contributed by atoms with Gasteiger partial charge in [-0.1, -0.05) is 6.07 Å². The molecule has 0 radical (unpaired) electrons. The molecule has 1 aromatic rings. The highest BCUT2D eigenvalue weighted by atomic mass is 16.1. The maximum absolute atomic E-state index is 11.7. The Morgan fingerprint density at radius 3 is 2.52 bits per heavy atom. The smallest absolute Gasteiger partial charge is 0.250 e. The predicted octanol–water partition coefficient (Wildman–Crippen LogP) is 1.95. The van der Waals surface area contributed by atoms with Crippen molar-refractivity contribution < 1.29 is 0 Å². The molecule has 2 rings (SSSR count). The minimum atomic E-state index is 0.0989. The lowest BCUT2D eigenvalue weighted by Crippen LogP contribution is -2.43. The van der Waals surface area contributed by atoms with Gasteiger partial charge in [0, 0.05) is 30.9 Å². The summed E-state index contributed by atoms with van der Waals surface area (Å²) in [7, 11) is 0. The Morgan fingerprint density at radius 2 is 1.90 bits per heavy atom.